The molecule has 0 fully saturated rings. The molecule has 126 valence electrons. The highest BCUT2D eigenvalue weighted by Gasteiger charge is 2.22. The maximum absolute atomic E-state index is 6.27. The molecule has 1 unspecified atom stereocenters. The molecule has 0 radical (unpaired) electrons. The molecule has 0 saturated carbocycles. The molecule has 3 aromatic rings. The number of nitrogens with zero attached hydrogens (tertiary/aromatic N) is 1. The van der Waals surface area contributed by atoms with Gasteiger partial charge in [-0.1, -0.05) is 72.8 Å². The fraction of sp³-hybridized carbons (Fsp3) is 0.217. The molecule has 0 amide bonds. The second kappa shape index (κ2) is 7.22. The Labute approximate surface area is 149 Å². The molecule has 0 spiro atoms. The van der Waals surface area contributed by atoms with Gasteiger partial charge in [0.1, 0.15) is 6.10 Å². The van der Waals surface area contributed by atoms with Crippen molar-refractivity contribution >= 4 is 0 Å². The Bertz CT molecular complexity index is 829. The highest BCUT2D eigenvalue weighted by atomic mass is 16.5. The second-order valence-corrected chi connectivity index (χ2v) is 6.68. The molecule has 1 heterocycles. The standard InChI is InChI=1S/C23H23NO/c1-24-14-15-25-23(19-10-6-3-7-11-19)22-13-12-20(16-21(22)17-24)18-8-4-2-5-9-18/h2-13,16,23H,14-15,17H2,1H3. The largest absolute Gasteiger partial charge is 0.367 e. The summed E-state index contributed by atoms with van der Waals surface area (Å²) in [6, 6.07) is 27.9. The Morgan fingerprint density at radius 2 is 1.56 bits per heavy atom. The summed E-state index contributed by atoms with van der Waals surface area (Å²) in [6.45, 7) is 2.64. The van der Waals surface area contributed by atoms with Crippen LogP contribution in [0.4, 0.5) is 0 Å². The Morgan fingerprint density at radius 1 is 0.840 bits per heavy atom. The highest BCUT2D eigenvalue weighted by molar-refractivity contribution is 5.65. The SMILES string of the molecule is CN1CCOC(c2ccccc2)c2ccc(-c3ccccc3)cc2C1. The van der Waals surface area contributed by atoms with Crippen molar-refractivity contribution in [1.82, 2.24) is 4.90 Å². The van der Waals surface area contributed by atoms with E-state index in [1.165, 1.54) is 27.8 Å². The fourth-order valence-corrected chi connectivity index (χ4v) is 3.50. The summed E-state index contributed by atoms with van der Waals surface area (Å²) in [5.74, 6) is 0. The molecule has 0 aliphatic carbocycles. The highest BCUT2D eigenvalue weighted by Crippen LogP contribution is 2.33. The molecule has 3 aromatic carbocycles. The first kappa shape index (κ1) is 16.1. The minimum Gasteiger partial charge on any atom is -0.367 e. The molecule has 1 aliphatic rings. The Kier molecular flexibility index (Phi) is 4.64. The Balaban J connectivity index is 1.79. The zero-order valence-corrected chi connectivity index (χ0v) is 14.6. The molecule has 25 heavy (non-hydrogen) atoms. The van der Waals surface area contributed by atoms with Crippen molar-refractivity contribution in [1.29, 1.82) is 0 Å². The third-order valence-electron chi connectivity index (χ3n) is 4.83. The van der Waals surface area contributed by atoms with Crippen LogP contribution in [0, 0.1) is 0 Å². The molecule has 4 rings (SSSR count). The van der Waals surface area contributed by atoms with Crippen LogP contribution in [0.25, 0.3) is 11.1 Å². The van der Waals surface area contributed by atoms with Crippen molar-refractivity contribution in [2.75, 3.05) is 20.2 Å². The van der Waals surface area contributed by atoms with Gasteiger partial charge in [0.25, 0.3) is 0 Å². The van der Waals surface area contributed by atoms with Crippen LogP contribution in [0.3, 0.4) is 0 Å². The van der Waals surface area contributed by atoms with Gasteiger partial charge >= 0.3 is 0 Å². The van der Waals surface area contributed by atoms with Crippen LogP contribution >= 0.6 is 0 Å². The molecule has 2 nitrogen and oxygen atoms in total. The van der Waals surface area contributed by atoms with Gasteiger partial charge in [-0.2, -0.15) is 0 Å². The summed E-state index contributed by atoms with van der Waals surface area (Å²) >= 11 is 0. The van der Waals surface area contributed by atoms with Gasteiger partial charge in [-0.25, -0.2) is 0 Å². The predicted octanol–water partition coefficient (Wildman–Crippen LogP) is 4.91. The van der Waals surface area contributed by atoms with Crippen molar-refractivity contribution in [2.24, 2.45) is 0 Å². The number of hydrogen-bond donors (Lipinski definition) is 0. The lowest BCUT2D eigenvalue weighted by Gasteiger charge is -2.29. The normalized spacial score (nSPS) is 18.2. The van der Waals surface area contributed by atoms with Crippen LogP contribution in [0.5, 0.6) is 0 Å². The van der Waals surface area contributed by atoms with Gasteiger partial charge in [-0.05, 0) is 40.9 Å². The third-order valence-corrected chi connectivity index (χ3v) is 4.83. The molecule has 0 saturated heterocycles. The van der Waals surface area contributed by atoms with Crippen LogP contribution in [-0.4, -0.2) is 25.1 Å². The van der Waals surface area contributed by atoms with E-state index in [1.54, 1.807) is 0 Å². The van der Waals surface area contributed by atoms with E-state index in [0.29, 0.717) is 0 Å². The summed E-state index contributed by atoms with van der Waals surface area (Å²) in [4.78, 5) is 2.33. The molecule has 2 heteroatoms. The number of fused-ring (bicyclic) bond motifs is 1. The smallest absolute Gasteiger partial charge is 0.108 e. The summed E-state index contributed by atoms with van der Waals surface area (Å²) in [5, 5.41) is 0. The monoisotopic (exact) mass is 329 g/mol. The third kappa shape index (κ3) is 3.51. The van der Waals surface area contributed by atoms with E-state index in [2.05, 4.69) is 90.8 Å². The van der Waals surface area contributed by atoms with Gasteiger partial charge in [0.05, 0.1) is 6.61 Å². The van der Waals surface area contributed by atoms with Gasteiger partial charge < -0.3 is 4.74 Å². The molecule has 0 aromatic heterocycles. The average Bonchev–Trinajstić information content (AvgIpc) is 2.65. The van der Waals surface area contributed by atoms with Crippen LogP contribution in [0.15, 0.2) is 78.9 Å². The zero-order valence-electron chi connectivity index (χ0n) is 14.6. The van der Waals surface area contributed by atoms with E-state index in [0.717, 1.165) is 19.7 Å². The first-order valence-corrected chi connectivity index (χ1v) is 8.84. The number of benzene rings is 3. The van der Waals surface area contributed by atoms with Crippen LogP contribution in [0.1, 0.15) is 22.8 Å². The molecular weight excluding hydrogens is 306 g/mol. The topological polar surface area (TPSA) is 12.5 Å². The lowest BCUT2D eigenvalue weighted by molar-refractivity contribution is 0.0554. The molecule has 0 bridgehead atoms. The van der Waals surface area contributed by atoms with E-state index < -0.39 is 0 Å². The molecule has 1 atom stereocenters. The van der Waals surface area contributed by atoms with Crippen molar-refractivity contribution in [3.63, 3.8) is 0 Å². The maximum atomic E-state index is 6.27. The summed E-state index contributed by atoms with van der Waals surface area (Å²) in [6.07, 6.45) is 0.00900. The van der Waals surface area contributed by atoms with Gasteiger partial charge in [-0.3, -0.25) is 4.90 Å². The quantitative estimate of drug-likeness (QED) is 0.663. The van der Waals surface area contributed by atoms with Crippen molar-refractivity contribution in [3.8, 4) is 11.1 Å². The van der Waals surface area contributed by atoms with Crippen molar-refractivity contribution in [3.05, 3.63) is 95.6 Å². The van der Waals surface area contributed by atoms with Gasteiger partial charge in [-0.15, -0.1) is 0 Å². The number of hydrogen-bond acceptors (Lipinski definition) is 2. The van der Waals surface area contributed by atoms with Crippen LogP contribution in [0.2, 0.25) is 0 Å². The second-order valence-electron chi connectivity index (χ2n) is 6.68. The summed E-state index contributed by atoms with van der Waals surface area (Å²) in [5.41, 5.74) is 6.36. The lowest BCUT2D eigenvalue weighted by Crippen LogP contribution is -2.27. The van der Waals surface area contributed by atoms with E-state index in [1.807, 2.05) is 0 Å². The number of rotatable bonds is 2. The number of likely N-dealkylation sites (N-methyl/N-ethyl adjacent to an activating group) is 1. The molecule has 0 N–H and O–H groups in total. The van der Waals surface area contributed by atoms with Gasteiger partial charge in [0.2, 0.25) is 0 Å². The molecule has 1 aliphatic heterocycles. The number of ether oxygens (including phenoxy) is 1. The zero-order chi connectivity index (χ0) is 17.1. The summed E-state index contributed by atoms with van der Waals surface area (Å²) in [7, 11) is 2.16. The predicted molar refractivity (Wildman–Crippen MR) is 102 cm³/mol. The Hall–Kier alpha value is -2.42. The minimum atomic E-state index is 0.00900. The van der Waals surface area contributed by atoms with Crippen molar-refractivity contribution < 1.29 is 4.74 Å². The summed E-state index contributed by atoms with van der Waals surface area (Å²) < 4.78 is 6.27. The van der Waals surface area contributed by atoms with Crippen LogP contribution < -0.4 is 0 Å². The Morgan fingerprint density at radius 3 is 2.32 bits per heavy atom. The molecular formula is C23H23NO. The lowest BCUT2D eigenvalue weighted by atomic mass is 9.92. The minimum absolute atomic E-state index is 0.00900. The first-order valence-electron chi connectivity index (χ1n) is 8.84. The van der Waals surface area contributed by atoms with E-state index in [9.17, 15) is 0 Å². The van der Waals surface area contributed by atoms with Gasteiger partial charge in [0.15, 0.2) is 0 Å². The van der Waals surface area contributed by atoms with Gasteiger partial charge in [0, 0.05) is 13.1 Å². The maximum Gasteiger partial charge on any atom is 0.108 e. The van der Waals surface area contributed by atoms with Crippen molar-refractivity contribution in [2.45, 2.75) is 12.6 Å². The van der Waals surface area contributed by atoms with E-state index in [-0.39, 0.29) is 6.10 Å². The van der Waals surface area contributed by atoms with E-state index >= 15 is 0 Å². The first-order chi connectivity index (χ1) is 12.3. The fourth-order valence-electron chi connectivity index (χ4n) is 3.50. The van der Waals surface area contributed by atoms with E-state index in [4.69, 9.17) is 4.74 Å². The van der Waals surface area contributed by atoms with Crippen LogP contribution in [-0.2, 0) is 11.3 Å². The average molecular weight is 329 g/mol.